The molecule has 2 N–H and O–H groups in total. The zero-order chi connectivity index (χ0) is 8.97. The van der Waals surface area contributed by atoms with Crippen LogP contribution in [0.4, 0.5) is 5.69 Å². The molecule has 1 atom stereocenters. The summed E-state index contributed by atoms with van der Waals surface area (Å²) >= 11 is -1.98. The van der Waals surface area contributed by atoms with Crippen molar-refractivity contribution in [1.29, 1.82) is 0 Å². The molecule has 4 heteroatoms. The standard InChI is InChI=1S/C8H11NO2S/c9-8-4-2-1-3-7(8)5-6-12(10)11/h1-4H,5-6,9H2,(H,10,11)/p-1. The zero-order valence-electron chi connectivity index (χ0n) is 6.53. The van der Waals surface area contributed by atoms with Gasteiger partial charge in [0.2, 0.25) is 0 Å². The molecule has 0 saturated carbocycles. The van der Waals surface area contributed by atoms with E-state index in [1.165, 1.54) is 0 Å². The first-order chi connectivity index (χ1) is 5.70. The van der Waals surface area contributed by atoms with Crippen molar-refractivity contribution >= 4 is 16.8 Å². The largest absolute Gasteiger partial charge is 0.772 e. The van der Waals surface area contributed by atoms with Crippen LogP contribution in [0.3, 0.4) is 0 Å². The van der Waals surface area contributed by atoms with Crippen LogP contribution < -0.4 is 5.73 Å². The Morgan fingerprint density at radius 2 is 2.08 bits per heavy atom. The van der Waals surface area contributed by atoms with Crippen molar-refractivity contribution < 1.29 is 8.76 Å². The number of aryl methyl sites for hydroxylation is 1. The maximum atomic E-state index is 10.2. The molecule has 0 aromatic heterocycles. The summed E-state index contributed by atoms with van der Waals surface area (Å²) in [6.07, 6.45) is 0.489. The molecule has 0 aliphatic heterocycles. The lowest BCUT2D eigenvalue weighted by Gasteiger charge is -2.06. The van der Waals surface area contributed by atoms with Crippen LogP contribution >= 0.6 is 0 Å². The van der Waals surface area contributed by atoms with Gasteiger partial charge < -0.3 is 10.3 Å². The van der Waals surface area contributed by atoms with E-state index < -0.39 is 11.1 Å². The highest BCUT2D eigenvalue weighted by Gasteiger charge is 1.96. The maximum Gasteiger partial charge on any atom is 0.0346 e. The van der Waals surface area contributed by atoms with Gasteiger partial charge in [-0.15, -0.1) is 0 Å². The van der Waals surface area contributed by atoms with Gasteiger partial charge in [0, 0.05) is 11.4 Å². The molecule has 66 valence electrons. The molecule has 0 bridgehead atoms. The molecule has 0 aliphatic carbocycles. The van der Waals surface area contributed by atoms with E-state index in [-0.39, 0.29) is 5.75 Å². The fourth-order valence-electron chi connectivity index (χ4n) is 0.955. The van der Waals surface area contributed by atoms with E-state index in [2.05, 4.69) is 0 Å². The Hall–Kier alpha value is -0.870. The third-order valence-electron chi connectivity index (χ3n) is 1.59. The van der Waals surface area contributed by atoms with Gasteiger partial charge in [-0.2, -0.15) is 0 Å². The first kappa shape index (κ1) is 9.22. The lowest BCUT2D eigenvalue weighted by Crippen LogP contribution is -2.02. The molecule has 0 amide bonds. The minimum Gasteiger partial charge on any atom is -0.772 e. The van der Waals surface area contributed by atoms with Crippen molar-refractivity contribution in [2.75, 3.05) is 11.5 Å². The van der Waals surface area contributed by atoms with Crippen LogP contribution in [0.5, 0.6) is 0 Å². The first-order valence-corrected chi connectivity index (χ1v) is 4.84. The highest BCUT2D eigenvalue weighted by atomic mass is 32.2. The topological polar surface area (TPSA) is 66.2 Å². The molecular formula is C8H10NO2S-. The van der Waals surface area contributed by atoms with Crippen molar-refractivity contribution in [3.63, 3.8) is 0 Å². The predicted octanol–water partition coefficient (Wildman–Crippen LogP) is 0.690. The molecule has 0 saturated heterocycles. The van der Waals surface area contributed by atoms with Crippen LogP contribution in [-0.4, -0.2) is 14.5 Å². The number of rotatable bonds is 3. The monoisotopic (exact) mass is 184 g/mol. The van der Waals surface area contributed by atoms with Crippen LogP contribution in [-0.2, 0) is 17.5 Å². The second-order valence-corrected chi connectivity index (χ2v) is 3.47. The van der Waals surface area contributed by atoms with Crippen LogP contribution in [0, 0.1) is 0 Å². The Morgan fingerprint density at radius 3 is 2.67 bits per heavy atom. The summed E-state index contributed by atoms with van der Waals surface area (Å²) in [5.74, 6) is 0.133. The van der Waals surface area contributed by atoms with Crippen molar-refractivity contribution in [3.05, 3.63) is 29.8 Å². The summed E-state index contributed by atoms with van der Waals surface area (Å²) in [7, 11) is 0. The maximum absolute atomic E-state index is 10.2. The number of benzene rings is 1. The minimum atomic E-state index is -1.98. The molecule has 1 unspecified atom stereocenters. The van der Waals surface area contributed by atoms with Crippen molar-refractivity contribution in [3.8, 4) is 0 Å². The van der Waals surface area contributed by atoms with Crippen LogP contribution in [0.2, 0.25) is 0 Å². The minimum absolute atomic E-state index is 0.133. The normalized spacial score (nSPS) is 12.8. The predicted molar refractivity (Wildman–Crippen MR) is 48.3 cm³/mol. The second-order valence-electron chi connectivity index (χ2n) is 2.46. The molecule has 1 aromatic carbocycles. The zero-order valence-corrected chi connectivity index (χ0v) is 7.34. The Labute approximate surface area is 73.9 Å². The fourth-order valence-corrected chi connectivity index (χ4v) is 1.34. The van der Waals surface area contributed by atoms with E-state index in [1.807, 2.05) is 18.2 Å². The van der Waals surface area contributed by atoms with Crippen molar-refractivity contribution in [2.24, 2.45) is 0 Å². The van der Waals surface area contributed by atoms with E-state index in [0.717, 1.165) is 5.56 Å². The summed E-state index contributed by atoms with van der Waals surface area (Å²) < 4.78 is 20.5. The van der Waals surface area contributed by atoms with Gasteiger partial charge in [-0.3, -0.25) is 4.21 Å². The van der Waals surface area contributed by atoms with E-state index in [4.69, 9.17) is 5.73 Å². The van der Waals surface area contributed by atoms with Gasteiger partial charge in [0.05, 0.1) is 0 Å². The SMILES string of the molecule is Nc1ccccc1CCS(=O)[O-]. The average molecular weight is 184 g/mol. The van der Waals surface area contributed by atoms with Crippen molar-refractivity contribution in [2.45, 2.75) is 6.42 Å². The summed E-state index contributed by atoms with van der Waals surface area (Å²) in [5, 5.41) is 0. The molecule has 1 aromatic rings. The molecule has 0 radical (unpaired) electrons. The van der Waals surface area contributed by atoms with E-state index in [1.54, 1.807) is 6.07 Å². The molecule has 0 heterocycles. The number of para-hydroxylation sites is 1. The first-order valence-electron chi connectivity index (χ1n) is 3.59. The Morgan fingerprint density at radius 1 is 1.42 bits per heavy atom. The van der Waals surface area contributed by atoms with Gasteiger partial charge >= 0.3 is 0 Å². The number of anilines is 1. The number of hydrogen-bond acceptors (Lipinski definition) is 3. The number of nitrogens with two attached hydrogens (primary N) is 1. The fraction of sp³-hybridized carbons (Fsp3) is 0.250. The van der Waals surface area contributed by atoms with Crippen LogP contribution in [0.15, 0.2) is 24.3 Å². The summed E-state index contributed by atoms with van der Waals surface area (Å²) in [6.45, 7) is 0. The van der Waals surface area contributed by atoms with E-state index >= 15 is 0 Å². The molecule has 0 spiro atoms. The molecule has 12 heavy (non-hydrogen) atoms. The molecule has 3 nitrogen and oxygen atoms in total. The van der Waals surface area contributed by atoms with Gasteiger partial charge in [0.25, 0.3) is 0 Å². The third kappa shape index (κ3) is 2.64. The van der Waals surface area contributed by atoms with Gasteiger partial charge in [-0.1, -0.05) is 29.3 Å². The third-order valence-corrected chi connectivity index (χ3v) is 2.13. The summed E-state index contributed by atoms with van der Waals surface area (Å²) in [5.41, 5.74) is 7.15. The molecule has 0 fully saturated rings. The van der Waals surface area contributed by atoms with E-state index in [0.29, 0.717) is 12.1 Å². The lowest BCUT2D eigenvalue weighted by molar-refractivity contribution is 0.536. The second kappa shape index (κ2) is 4.23. The number of nitrogen functional groups attached to an aromatic ring is 1. The highest BCUT2D eigenvalue weighted by molar-refractivity contribution is 7.79. The van der Waals surface area contributed by atoms with Gasteiger partial charge in [0.1, 0.15) is 0 Å². The van der Waals surface area contributed by atoms with Crippen LogP contribution in [0.1, 0.15) is 5.56 Å². The van der Waals surface area contributed by atoms with Gasteiger partial charge in [-0.25, -0.2) is 0 Å². The van der Waals surface area contributed by atoms with E-state index in [9.17, 15) is 8.76 Å². The quantitative estimate of drug-likeness (QED) is 0.555. The average Bonchev–Trinajstić information content (AvgIpc) is 2.03. The molecular weight excluding hydrogens is 174 g/mol. The van der Waals surface area contributed by atoms with Gasteiger partial charge in [0.15, 0.2) is 0 Å². The summed E-state index contributed by atoms with van der Waals surface area (Å²) in [4.78, 5) is 0. The molecule has 1 rings (SSSR count). The lowest BCUT2D eigenvalue weighted by atomic mass is 10.1. The Bertz CT molecular complexity index is 288. The summed E-state index contributed by atoms with van der Waals surface area (Å²) in [6, 6.07) is 7.28. The highest BCUT2D eigenvalue weighted by Crippen LogP contribution is 2.10. The number of hydrogen-bond donors (Lipinski definition) is 1. The Balaban J connectivity index is 2.63. The smallest absolute Gasteiger partial charge is 0.0346 e. The van der Waals surface area contributed by atoms with Crippen LogP contribution in [0.25, 0.3) is 0 Å². The van der Waals surface area contributed by atoms with Gasteiger partial charge in [-0.05, 0) is 18.1 Å². The Kier molecular flexibility index (Phi) is 3.25. The van der Waals surface area contributed by atoms with Crippen molar-refractivity contribution in [1.82, 2.24) is 0 Å². The molecule has 0 aliphatic rings.